The molecule has 0 aliphatic rings. The molecule has 0 saturated heterocycles. The van der Waals surface area contributed by atoms with Crippen LogP contribution in [-0.4, -0.2) is 0 Å². The number of nitrogens with zero attached hydrogens (tertiary/aromatic N) is 1. The van der Waals surface area contributed by atoms with Crippen molar-refractivity contribution in [1.82, 2.24) is 0 Å². The van der Waals surface area contributed by atoms with Gasteiger partial charge in [-0.05, 0) is 125 Å². The zero-order chi connectivity index (χ0) is 36.6. The minimum atomic E-state index is 1.10. The van der Waals surface area contributed by atoms with Crippen LogP contribution in [-0.2, 0) is 0 Å². The van der Waals surface area contributed by atoms with Crippen LogP contribution in [0, 0.1) is 0 Å². The molecule has 258 valence electrons. The van der Waals surface area contributed by atoms with E-state index in [4.69, 9.17) is 0 Å². The van der Waals surface area contributed by atoms with Gasteiger partial charge in [-0.2, -0.15) is 0 Å². The second-order valence-corrected chi connectivity index (χ2v) is 14.2. The Hall–Kier alpha value is -7.22. The van der Waals surface area contributed by atoms with Gasteiger partial charge in [0.25, 0.3) is 0 Å². The summed E-state index contributed by atoms with van der Waals surface area (Å²) >= 11 is 0. The summed E-state index contributed by atoms with van der Waals surface area (Å²) in [6.07, 6.45) is 0. The van der Waals surface area contributed by atoms with Gasteiger partial charge in [0.2, 0.25) is 0 Å². The first-order valence-electron chi connectivity index (χ1n) is 18.9. The van der Waals surface area contributed by atoms with Gasteiger partial charge in [0.15, 0.2) is 0 Å². The normalized spacial score (nSPS) is 11.3. The molecule has 0 saturated carbocycles. The molecule has 0 heterocycles. The quantitative estimate of drug-likeness (QED) is 0.150. The molecule has 0 unspecified atom stereocenters. The van der Waals surface area contributed by atoms with Crippen LogP contribution in [0.3, 0.4) is 0 Å². The molecule has 0 radical (unpaired) electrons. The number of hydrogen-bond donors (Lipinski definition) is 0. The van der Waals surface area contributed by atoms with Crippen LogP contribution in [0.5, 0.6) is 0 Å². The van der Waals surface area contributed by atoms with E-state index in [0.717, 1.165) is 17.1 Å². The van der Waals surface area contributed by atoms with E-state index in [2.05, 4.69) is 229 Å². The highest BCUT2D eigenvalue weighted by Gasteiger charge is 2.18. The minimum absolute atomic E-state index is 1.10. The lowest BCUT2D eigenvalue weighted by atomic mass is 9.92. The third kappa shape index (κ3) is 6.22. The van der Waals surface area contributed by atoms with E-state index in [9.17, 15) is 0 Å². The van der Waals surface area contributed by atoms with Crippen molar-refractivity contribution >= 4 is 49.4 Å². The molecule has 0 aliphatic carbocycles. The summed E-state index contributed by atoms with van der Waals surface area (Å²) in [5.41, 5.74) is 12.9. The van der Waals surface area contributed by atoms with Gasteiger partial charge in [0, 0.05) is 17.1 Å². The molecule has 10 rings (SSSR count). The standard InChI is InChI=1S/C54H37N/c1-3-12-38(13-4-1)44-19-11-20-46(35-44)53-33-31-50(37-54(53)41-15-5-2-6-16-41)55(49-30-32-52-47(36-49)25-23-42-17-9-10-21-51(42)52)48-28-26-40(27-29-48)45-24-22-39-14-7-8-18-43(39)34-45/h1-37H. The number of rotatable bonds is 7. The first-order valence-corrected chi connectivity index (χ1v) is 18.9. The summed E-state index contributed by atoms with van der Waals surface area (Å²) in [5.74, 6) is 0. The summed E-state index contributed by atoms with van der Waals surface area (Å²) in [4.78, 5) is 2.40. The molecule has 10 aromatic carbocycles. The van der Waals surface area contributed by atoms with Gasteiger partial charge in [-0.15, -0.1) is 0 Å². The van der Waals surface area contributed by atoms with E-state index in [0.29, 0.717) is 0 Å². The highest BCUT2D eigenvalue weighted by Crippen LogP contribution is 2.43. The van der Waals surface area contributed by atoms with Crippen LogP contribution in [0.25, 0.3) is 76.8 Å². The molecule has 1 nitrogen and oxygen atoms in total. The summed E-state index contributed by atoms with van der Waals surface area (Å²) in [6.45, 7) is 0. The Labute approximate surface area is 322 Å². The van der Waals surface area contributed by atoms with E-state index in [1.807, 2.05) is 0 Å². The van der Waals surface area contributed by atoms with Crippen molar-refractivity contribution in [3.05, 3.63) is 224 Å². The van der Waals surface area contributed by atoms with Crippen molar-refractivity contribution in [2.24, 2.45) is 0 Å². The lowest BCUT2D eigenvalue weighted by Gasteiger charge is -2.27. The van der Waals surface area contributed by atoms with Crippen molar-refractivity contribution < 1.29 is 0 Å². The molecule has 0 aliphatic heterocycles. The van der Waals surface area contributed by atoms with E-state index >= 15 is 0 Å². The summed E-state index contributed by atoms with van der Waals surface area (Å²) in [7, 11) is 0. The number of fused-ring (bicyclic) bond motifs is 4. The fourth-order valence-electron chi connectivity index (χ4n) is 8.04. The number of anilines is 3. The van der Waals surface area contributed by atoms with Gasteiger partial charge in [-0.3, -0.25) is 0 Å². The van der Waals surface area contributed by atoms with Gasteiger partial charge in [-0.1, -0.05) is 176 Å². The van der Waals surface area contributed by atoms with Crippen LogP contribution >= 0.6 is 0 Å². The van der Waals surface area contributed by atoms with E-state index in [-0.39, 0.29) is 0 Å². The van der Waals surface area contributed by atoms with Gasteiger partial charge in [0.05, 0.1) is 0 Å². The third-order valence-corrected chi connectivity index (χ3v) is 10.8. The van der Waals surface area contributed by atoms with Crippen LogP contribution < -0.4 is 4.90 Å². The molecule has 10 aromatic rings. The predicted octanol–water partition coefficient (Wildman–Crippen LogP) is 15.3. The maximum atomic E-state index is 2.40. The highest BCUT2D eigenvalue weighted by molar-refractivity contribution is 6.08. The highest BCUT2D eigenvalue weighted by atomic mass is 15.1. The molecular formula is C54H37N. The fraction of sp³-hybridized carbons (Fsp3) is 0. The Morgan fingerprint density at radius 1 is 0.218 bits per heavy atom. The number of benzene rings is 10. The van der Waals surface area contributed by atoms with Crippen molar-refractivity contribution in [3.8, 4) is 44.5 Å². The molecule has 0 spiro atoms. The summed E-state index contributed by atoms with van der Waals surface area (Å²) < 4.78 is 0. The lowest BCUT2D eigenvalue weighted by Crippen LogP contribution is -2.10. The smallest absolute Gasteiger partial charge is 0.0468 e. The fourth-order valence-corrected chi connectivity index (χ4v) is 8.04. The first kappa shape index (κ1) is 32.4. The van der Waals surface area contributed by atoms with Crippen LogP contribution in [0.4, 0.5) is 17.1 Å². The van der Waals surface area contributed by atoms with E-state index < -0.39 is 0 Å². The second-order valence-electron chi connectivity index (χ2n) is 14.2. The molecule has 1 heteroatoms. The Bertz CT molecular complexity index is 2960. The van der Waals surface area contributed by atoms with Crippen molar-refractivity contribution in [3.63, 3.8) is 0 Å². The molecule has 0 amide bonds. The zero-order valence-corrected chi connectivity index (χ0v) is 30.3. The Kier molecular flexibility index (Phi) is 8.24. The van der Waals surface area contributed by atoms with E-state index in [1.165, 1.54) is 76.8 Å². The van der Waals surface area contributed by atoms with Gasteiger partial charge in [0.1, 0.15) is 0 Å². The maximum Gasteiger partial charge on any atom is 0.0468 e. The molecule has 0 fully saturated rings. The Morgan fingerprint density at radius 3 is 1.56 bits per heavy atom. The molecule has 0 atom stereocenters. The summed E-state index contributed by atoms with van der Waals surface area (Å²) in [5, 5.41) is 7.49. The lowest BCUT2D eigenvalue weighted by molar-refractivity contribution is 1.29. The van der Waals surface area contributed by atoms with E-state index in [1.54, 1.807) is 0 Å². The largest absolute Gasteiger partial charge is 0.310 e. The van der Waals surface area contributed by atoms with Gasteiger partial charge >= 0.3 is 0 Å². The van der Waals surface area contributed by atoms with Gasteiger partial charge < -0.3 is 4.90 Å². The molecule has 0 aromatic heterocycles. The van der Waals surface area contributed by atoms with Crippen LogP contribution in [0.2, 0.25) is 0 Å². The second kappa shape index (κ2) is 14.0. The average molecular weight is 700 g/mol. The minimum Gasteiger partial charge on any atom is -0.310 e. The van der Waals surface area contributed by atoms with Gasteiger partial charge in [-0.25, -0.2) is 0 Å². The monoisotopic (exact) mass is 699 g/mol. The third-order valence-electron chi connectivity index (χ3n) is 10.8. The summed E-state index contributed by atoms with van der Waals surface area (Å²) in [6, 6.07) is 81.6. The molecule has 0 bridgehead atoms. The SMILES string of the molecule is c1ccc(-c2cccc(-c3ccc(N(c4ccc(-c5ccc6ccccc6c5)cc4)c4ccc5c(ccc6ccccc65)c4)cc3-c3ccccc3)c2)cc1. The van der Waals surface area contributed by atoms with Crippen molar-refractivity contribution in [1.29, 1.82) is 0 Å². The Morgan fingerprint density at radius 2 is 0.745 bits per heavy atom. The van der Waals surface area contributed by atoms with Crippen LogP contribution in [0.1, 0.15) is 0 Å². The Balaban J connectivity index is 1.13. The first-order chi connectivity index (χ1) is 27.2. The van der Waals surface area contributed by atoms with Crippen molar-refractivity contribution in [2.75, 3.05) is 4.90 Å². The van der Waals surface area contributed by atoms with Crippen LogP contribution in [0.15, 0.2) is 224 Å². The topological polar surface area (TPSA) is 3.24 Å². The number of hydrogen-bond acceptors (Lipinski definition) is 1. The maximum absolute atomic E-state index is 2.40. The zero-order valence-electron chi connectivity index (χ0n) is 30.3. The molecule has 0 N–H and O–H groups in total. The molecular weight excluding hydrogens is 663 g/mol. The van der Waals surface area contributed by atoms with Crippen molar-refractivity contribution in [2.45, 2.75) is 0 Å². The molecule has 55 heavy (non-hydrogen) atoms. The average Bonchev–Trinajstić information content (AvgIpc) is 3.27. The predicted molar refractivity (Wildman–Crippen MR) is 235 cm³/mol.